The molecule has 0 amide bonds. The van der Waals surface area contributed by atoms with Crippen molar-refractivity contribution in [1.29, 1.82) is 0 Å². The number of aromatic nitrogens is 3. The predicted octanol–water partition coefficient (Wildman–Crippen LogP) is 4.56. The predicted molar refractivity (Wildman–Crippen MR) is 104 cm³/mol. The zero-order chi connectivity index (χ0) is 19.7. The highest BCUT2D eigenvalue weighted by Gasteiger charge is 2.25. The van der Waals surface area contributed by atoms with Crippen molar-refractivity contribution in [1.82, 2.24) is 15.2 Å². The Hall–Kier alpha value is -2.67. The number of ketones is 2. The third kappa shape index (κ3) is 3.88. The molecule has 1 atom stereocenters. The number of nitrogens with zero attached hydrogens (tertiary/aromatic N) is 2. The number of aromatic amines is 1. The van der Waals surface area contributed by atoms with Crippen LogP contribution >= 0.6 is 11.8 Å². The third-order valence-corrected chi connectivity index (χ3v) is 5.29. The normalized spacial score (nSPS) is 12.2. The van der Waals surface area contributed by atoms with Crippen LogP contribution in [0, 0.1) is 20.8 Å². The largest absolute Gasteiger partial charge is 0.411 e. The summed E-state index contributed by atoms with van der Waals surface area (Å²) in [6.07, 6.45) is 0. The van der Waals surface area contributed by atoms with E-state index in [2.05, 4.69) is 15.2 Å². The minimum absolute atomic E-state index is 0.0553. The van der Waals surface area contributed by atoms with E-state index in [4.69, 9.17) is 4.42 Å². The van der Waals surface area contributed by atoms with Gasteiger partial charge in [0, 0.05) is 16.8 Å². The number of nitrogens with one attached hydrogen (secondary N) is 1. The second kappa shape index (κ2) is 7.52. The van der Waals surface area contributed by atoms with Gasteiger partial charge in [-0.1, -0.05) is 29.5 Å². The maximum atomic E-state index is 12.8. The van der Waals surface area contributed by atoms with Gasteiger partial charge >= 0.3 is 0 Å². The average Bonchev–Trinajstić information content (AvgIpc) is 3.18. The van der Waals surface area contributed by atoms with Crippen molar-refractivity contribution in [2.45, 2.75) is 45.1 Å². The number of H-pyrrole nitrogens is 1. The van der Waals surface area contributed by atoms with E-state index in [1.807, 2.05) is 31.2 Å². The molecule has 7 heteroatoms. The maximum absolute atomic E-state index is 12.8. The Morgan fingerprint density at radius 3 is 2.56 bits per heavy atom. The van der Waals surface area contributed by atoms with Gasteiger partial charge in [-0.05, 0) is 52.3 Å². The second-order valence-corrected chi connectivity index (χ2v) is 7.84. The van der Waals surface area contributed by atoms with Crippen molar-refractivity contribution in [3.8, 4) is 11.5 Å². The summed E-state index contributed by atoms with van der Waals surface area (Å²) >= 11 is 1.20. The van der Waals surface area contributed by atoms with Gasteiger partial charge in [0.1, 0.15) is 0 Å². The fraction of sp³-hybridized carbons (Fsp3) is 0.300. The lowest BCUT2D eigenvalue weighted by Crippen LogP contribution is -2.15. The van der Waals surface area contributed by atoms with Crippen LogP contribution in [0.4, 0.5) is 0 Å². The van der Waals surface area contributed by atoms with E-state index in [-0.39, 0.29) is 11.6 Å². The van der Waals surface area contributed by atoms with Crippen LogP contribution in [0.15, 0.2) is 33.9 Å². The molecule has 1 N–H and O–H groups in total. The van der Waals surface area contributed by atoms with Gasteiger partial charge in [0.15, 0.2) is 11.6 Å². The van der Waals surface area contributed by atoms with Crippen LogP contribution in [0.2, 0.25) is 0 Å². The topological polar surface area (TPSA) is 88.9 Å². The van der Waals surface area contributed by atoms with Crippen LogP contribution in [0.5, 0.6) is 0 Å². The molecule has 1 aromatic carbocycles. The summed E-state index contributed by atoms with van der Waals surface area (Å²) in [6, 6.07) is 7.78. The standard InChI is InChI=1S/C20H21N3O3S/c1-10-7-6-8-15(9-10)19-22-23-20(26-19)27-14(5)18(25)17-11(2)16(13(4)24)12(3)21-17/h6-9,14,21H,1-5H3/t14-/m1/s1. The molecule has 140 valence electrons. The number of Topliss-reactive ketones (excluding diaryl/α,β-unsaturated/α-hetero) is 2. The lowest BCUT2D eigenvalue weighted by Gasteiger charge is -2.07. The number of carbonyl (C=O) groups is 2. The number of hydrogen-bond acceptors (Lipinski definition) is 6. The minimum Gasteiger partial charge on any atom is -0.411 e. The Balaban J connectivity index is 1.78. The Kier molecular flexibility index (Phi) is 5.32. The molecule has 2 heterocycles. The molecule has 3 aromatic rings. The van der Waals surface area contributed by atoms with Crippen LogP contribution in [0.3, 0.4) is 0 Å². The van der Waals surface area contributed by atoms with Gasteiger partial charge in [-0.2, -0.15) is 0 Å². The van der Waals surface area contributed by atoms with Crippen LogP contribution in [0.1, 0.15) is 51.5 Å². The Morgan fingerprint density at radius 2 is 1.93 bits per heavy atom. The van der Waals surface area contributed by atoms with E-state index in [0.717, 1.165) is 11.1 Å². The molecular weight excluding hydrogens is 362 g/mol. The van der Waals surface area contributed by atoms with Crippen molar-refractivity contribution >= 4 is 23.3 Å². The van der Waals surface area contributed by atoms with Crippen LogP contribution in [-0.4, -0.2) is 32.0 Å². The fourth-order valence-corrected chi connectivity index (χ4v) is 3.83. The third-order valence-electron chi connectivity index (χ3n) is 4.35. The first kappa shape index (κ1) is 19.1. The quantitative estimate of drug-likeness (QED) is 0.496. The van der Waals surface area contributed by atoms with E-state index < -0.39 is 5.25 Å². The number of carbonyl (C=O) groups excluding carboxylic acids is 2. The molecule has 0 radical (unpaired) electrons. The molecule has 0 bridgehead atoms. The van der Waals surface area contributed by atoms with Crippen molar-refractivity contribution in [2.24, 2.45) is 0 Å². The first-order chi connectivity index (χ1) is 12.8. The number of benzene rings is 1. The monoisotopic (exact) mass is 383 g/mol. The van der Waals surface area contributed by atoms with Gasteiger partial charge in [-0.25, -0.2) is 0 Å². The fourth-order valence-electron chi connectivity index (χ4n) is 3.08. The summed E-state index contributed by atoms with van der Waals surface area (Å²) in [5.41, 5.74) is 4.37. The molecule has 0 aliphatic rings. The van der Waals surface area contributed by atoms with E-state index in [9.17, 15) is 9.59 Å². The molecule has 0 spiro atoms. The lowest BCUT2D eigenvalue weighted by molar-refractivity contribution is 0.0988. The molecule has 6 nitrogen and oxygen atoms in total. The molecular formula is C20H21N3O3S. The Morgan fingerprint density at radius 1 is 1.19 bits per heavy atom. The SMILES string of the molecule is CC(=O)c1c(C)[nH]c(C(=O)[C@@H](C)Sc2nnc(-c3cccc(C)c3)o2)c1C. The van der Waals surface area contributed by atoms with Crippen LogP contribution < -0.4 is 0 Å². The zero-order valence-electron chi connectivity index (χ0n) is 15.9. The highest BCUT2D eigenvalue weighted by Crippen LogP contribution is 2.29. The molecule has 0 saturated heterocycles. The van der Waals surface area contributed by atoms with Crippen molar-refractivity contribution in [3.05, 3.63) is 52.3 Å². The molecule has 0 aliphatic carbocycles. The molecule has 0 fully saturated rings. The van der Waals surface area contributed by atoms with Crippen molar-refractivity contribution in [2.75, 3.05) is 0 Å². The summed E-state index contributed by atoms with van der Waals surface area (Å²) in [4.78, 5) is 27.6. The number of aryl methyl sites for hydroxylation is 2. The van der Waals surface area contributed by atoms with Gasteiger partial charge in [-0.3, -0.25) is 9.59 Å². The zero-order valence-corrected chi connectivity index (χ0v) is 16.7. The van der Waals surface area contributed by atoms with E-state index in [1.54, 1.807) is 20.8 Å². The van der Waals surface area contributed by atoms with E-state index in [1.165, 1.54) is 18.7 Å². The number of hydrogen-bond donors (Lipinski definition) is 1. The Bertz CT molecular complexity index is 1020. The first-order valence-electron chi connectivity index (χ1n) is 8.59. The molecule has 3 rings (SSSR count). The van der Waals surface area contributed by atoms with Gasteiger partial charge in [-0.15, -0.1) is 10.2 Å². The molecule has 27 heavy (non-hydrogen) atoms. The number of thioether (sulfide) groups is 1. The molecule has 0 unspecified atom stereocenters. The van der Waals surface area contributed by atoms with Crippen LogP contribution in [-0.2, 0) is 0 Å². The molecule has 2 aromatic heterocycles. The first-order valence-corrected chi connectivity index (χ1v) is 9.47. The summed E-state index contributed by atoms with van der Waals surface area (Å²) in [7, 11) is 0. The maximum Gasteiger partial charge on any atom is 0.277 e. The summed E-state index contributed by atoms with van der Waals surface area (Å²) in [5, 5.41) is 8.01. The van der Waals surface area contributed by atoms with Crippen molar-refractivity contribution in [3.63, 3.8) is 0 Å². The average molecular weight is 383 g/mol. The van der Waals surface area contributed by atoms with E-state index >= 15 is 0 Å². The number of rotatable bonds is 6. The van der Waals surface area contributed by atoms with Gasteiger partial charge < -0.3 is 9.40 Å². The van der Waals surface area contributed by atoms with Gasteiger partial charge in [0.05, 0.1) is 10.9 Å². The second-order valence-electron chi connectivity index (χ2n) is 6.55. The molecule has 0 saturated carbocycles. The summed E-state index contributed by atoms with van der Waals surface area (Å²) in [5.74, 6) is 0.260. The van der Waals surface area contributed by atoms with Gasteiger partial charge in [0.2, 0.25) is 5.89 Å². The summed E-state index contributed by atoms with van der Waals surface area (Å²) < 4.78 is 5.70. The Labute approximate surface area is 161 Å². The van der Waals surface area contributed by atoms with Crippen molar-refractivity contribution < 1.29 is 14.0 Å². The van der Waals surface area contributed by atoms with E-state index in [0.29, 0.717) is 33.6 Å². The summed E-state index contributed by atoms with van der Waals surface area (Å²) in [6.45, 7) is 8.86. The smallest absolute Gasteiger partial charge is 0.277 e. The molecule has 0 aliphatic heterocycles. The highest BCUT2D eigenvalue weighted by atomic mass is 32.2. The lowest BCUT2D eigenvalue weighted by atomic mass is 10.0. The minimum atomic E-state index is -0.438. The van der Waals surface area contributed by atoms with Crippen LogP contribution in [0.25, 0.3) is 11.5 Å². The van der Waals surface area contributed by atoms with Gasteiger partial charge in [0.25, 0.3) is 5.22 Å². The highest BCUT2D eigenvalue weighted by molar-refractivity contribution is 8.00.